The average molecular weight is 424 g/mol. The molecule has 4 aromatic rings. The summed E-state index contributed by atoms with van der Waals surface area (Å²) < 4.78 is 0. The van der Waals surface area contributed by atoms with Crippen LogP contribution in [0.25, 0.3) is 10.2 Å². The Bertz CT molecular complexity index is 1270. The zero-order valence-corrected chi connectivity index (χ0v) is 17.2. The first-order valence-electron chi connectivity index (χ1n) is 8.59. The number of hydrogen-bond donors (Lipinski definition) is 1. The van der Waals surface area contributed by atoms with Gasteiger partial charge in [-0.1, -0.05) is 35.5 Å². The quantitative estimate of drug-likeness (QED) is 0.391. The highest BCUT2D eigenvalue weighted by Crippen LogP contribution is 2.50. The molecule has 4 nitrogen and oxygen atoms in total. The number of thiophene rings is 1. The van der Waals surface area contributed by atoms with Crippen LogP contribution in [0.1, 0.15) is 15.4 Å². The van der Waals surface area contributed by atoms with Crippen LogP contribution < -0.4 is 10.6 Å². The number of fused-ring (bicyclic) bond motifs is 3. The molecule has 5 rings (SSSR count). The number of nitrogens with two attached hydrogens (primary N) is 1. The van der Waals surface area contributed by atoms with Crippen LogP contribution in [0.2, 0.25) is 5.02 Å². The van der Waals surface area contributed by atoms with Crippen molar-refractivity contribution in [3.05, 3.63) is 70.2 Å². The van der Waals surface area contributed by atoms with E-state index in [9.17, 15) is 4.79 Å². The predicted octanol–water partition coefficient (Wildman–Crippen LogP) is 6.28. The van der Waals surface area contributed by atoms with Crippen molar-refractivity contribution in [2.75, 3.05) is 10.6 Å². The summed E-state index contributed by atoms with van der Waals surface area (Å²) in [4.78, 5) is 23.2. The number of halogens is 1. The van der Waals surface area contributed by atoms with Gasteiger partial charge in [0, 0.05) is 25.9 Å². The Labute approximate surface area is 174 Å². The lowest BCUT2D eigenvalue weighted by Crippen LogP contribution is -2.28. The Balaban J connectivity index is 1.72. The van der Waals surface area contributed by atoms with Crippen molar-refractivity contribution < 1.29 is 4.79 Å². The minimum atomic E-state index is -0.172. The Kier molecular flexibility index (Phi) is 4.08. The van der Waals surface area contributed by atoms with Gasteiger partial charge in [-0.3, -0.25) is 9.69 Å². The van der Waals surface area contributed by atoms with Gasteiger partial charge in [-0.15, -0.1) is 11.3 Å². The number of anilines is 3. The number of rotatable bonds is 1. The predicted molar refractivity (Wildman–Crippen MR) is 117 cm³/mol. The Morgan fingerprint density at radius 3 is 2.71 bits per heavy atom. The van der Waals surface area contributed by atoms with Crippen LogP contribution in [0.3, 0.4) is 0 Å². The summed E-state index contributed by atoms with van der Waals surface area (Å²) in [5.74, 6) is -0.172. The lowest BCUT2D eigenvalue weighted by molar-refractivity contribution is 0.100. The molecule has 7 heteroatoms. The highest BCUT2D eigenvalue weighted by Gasteiger charge is 2.31. The summed E-state index contributed by atoms with van der Waals surface area (Å²) in [5, 5.41) is 1.39. The van der Waals surface area contributed by atoms with Crippen molar-refractivity contribution >= 4 is 67.9 Å². The van der Waals surface area contributed by atoms with E-state index in [1.807, 2.05) is 61.5 Å². The third kappa shape index (κ3) is 2.68. The fraction of sp³-hybridized carbons (Fsp3) is 0.0476. The van der Waals surface area contributed by atoms with Crippen LogP contribution in [-0.2, 0) is 0 Å². The van der Waals surface area contributed by atoms with Crippen LogP contribution in [0.5, 0.6) is 0 Å². The number of aryl methyl sites for hydroxylation is 1. The van der Waals surface area contributed by atoms with E-state index in [0.29, 0.717) is 15.6 Å². The summed E-state index contributed by atoms with van der Waals surface area (Å²) in [5.41, 5.74) is 9.31. The van der Waals surface area contributed by atoms with Gasteiger partial charge in [0.05, 0.1) is 17.1 Å². The van der Waals surface area contributed by atoms with Gasteiger partial charge in [0.15, 0.2) is 0 Å². The maximum absolute atomic E-state index is 13.7. The van der Waals surface area contributed by atoms with E-state index in [1.54, 1.807) is 16.7 Å². The molecule has 0 saturated heterocycles. The number of nitrogens with zero attached hydrogens (tertiary/aromatic N) is 2. The molecular weight excluding hydrogens is 410 g/mol. The van der Waals surface area contributed by atoms with E-state index in [2.05, 4.69) is 4.98 Å². The SMILES string of the molecule is Cc1ccc2c(N)c(C(=O)N3c4ccccc4Sc4ccc(Cl)cc43)sc2n1. The lowest BCUT2D eigenvalue weighted by atomic mass is 10.2. The molecule has 0 saturated carbocycles. The summed E-state index contributed by atoms with van der Waals surface area (Å²) in [6.07, 6.45) is 0. The molecule has 0 atom stereocenters. The minimum Gasteiger partial charge on any atom is -0.397 e. The maximum atomic E-state index is 13.7. The van der Waals surface area contributed by atoms with Gasteiger partial charge in [-0.05, 0) is 49.4 Å². The van der Waals surface area contributed by atoms with Crippen molar-refractivity contribution in [1.29, 1.82) is 0 Å². The molecule has 28 heavy (non-hydrogen) atoms. The molecule has 138 valence electrons. The smallest absolute Gasteiger partial charge is 0.275 e. The first kappa shape index (κ1) is 17.6. The molecule has 0 spiro atoms. The van der Waals surface area contributed by atoms with E-state index in [-0.39, 0.29) is 5.91 Å². The Hall–Kier alpha value is -2.54. The Morgan fingerprint density at radius 2 is 1.86 bits per heavy atom. The molecule has 2 N–H and O–H groups in total. The summed E-state index contributed by atoms with van der Waals surface area (Å²) in [6, 6.07) is 17.3. The van der Waals surface area contributed by atoms with Crippen LogP contribution in [0.15, 0.2) is 64.4 Å². The highest BCUT2D eigenvalue weighted by molar-refractivity contribution is 7.99. The molecule has 0 fully saturated rings. The minimum absolute atomic E-state index is 0.172. The molecule has 1 amide bonds. The van der Waals surface area contributed by atoms with Crippen molar-refractivity contribution in [2.24, 2.45) is 0 Å². The second-order valence-electron chi connectivity index (χ2n) is 6.47. The maximum Gasteiger partial charge on any atom is 0.275 e. The summed E-state index contributed by atoms with van der Waals surface area (Å²) >= 11 is 9.21. The van der Waals surface area contributed by atoms with E-state index in [4.69, 9.17) is 17.3 Å². The fourth-order valence-electron chi connectivity index (χ4n) is 3.30. The Morgan fingerprint density at radius 1 is 1.07 bits per heavy atom. The van der Waals surface area contributed by atoms with Crippen LogP contribution in [0, 0.1) is 6.92 Å². The normalized spacial score (nSPS) is 12.7. The summed E-state index contributed by atoms with van der Waals surface area (Å²) in [6.45, 7) is 1.92. The molecule has 0 aliphatic carbocycles. The fourth-order valence-corrected chi connectivity index (χ4v) is 5.57. The van der Waals surface area contributed by atoms with Crippen molar-refractivity contribution in [2.45, 2.75) is 16.7 Å². The van der Waals surface area contributed by atoms with E-state index < -0.39 is 0 Å². The third-order valence-corrected chi connectivity index (χ3v) is 7.09. The number of nitrogen functional groups attached to an aromatic ring is 1. The van der Waals surface area contributed by atoms with Crippen LogP contribution in [-0.4, -0.2) is 10.9 Å². The largest absolute Gasteiger partial charge is 0.397 e. The van der Waals surface area contributed by atoms with Gasteiger partial charge in [0.2, 0.25) is 0 Å². The van der Waals surface area contributed by atoms with E-state index in [1.165, 1.54) is 11.3 Å². The van der Waals surface area contributed by atoms with E-state index >= 15 is 0 Å². The van der Waals surface area contributed by atoms with Gasteiger partial charge in [0.25, 0.3) is 5.91 Å². The molecule has 0 bridgehead atoms. The second kappa shape index (κ2) is 6.51. The molecule has 2 aromatic carbocycles. The van der Waals surface area contributed by atoms with Gasteiger partial charge < -0.3 is 5.73 Å². The lowest BCUT2D eigenvalue weighted by Gasteiger charge is -2.31. The number of pyridine rings is 1. The zero-order valence-electron chi connectivity index (χ0n) is 14.8. The first-order chi connectivity index (χ1) is 13.5. The molecule has 2 aromatic heterocycles. The number of carbonyl (C=O) groups is 1. The highest BCUT2D eigenvalue weighted by atomic mass is 35.5. The zero-order chi connectivity index (χ0) is 19.4. The molecular formula is C21H14ClN3OS2. The monoisotopic (exact) mass is 423 g/mol. The number of amides is 1. The van der Waals surface area contributed by atoms with Gasteiger partial charge >= 0.3 is 0 Å². The third-order valence-electron chi connectivity index (χ3n) is 4.62. The topological polar surface area (TPSA) is 59.2 Å². The molecule has 3 heterocycles. The van der Waals surface area contributed by atoms with Crippen molar-refractivity contribution in [3.63, 3.8) is 0 Å². The van der Waals surface area contributed by atoms with Crippen molar-refractivity contribution in [1.82, 2.24) is 4.98 Å². The van der Waals surface area contributed by atoms with E-state index in [0.717, 1.165) is 37.1 Å². The average Bonchev–Trinajstić information content (AvgIpc) is 3.01. The number of para-hydroxylation sites is 1. The first-order valence-corrected chi connectivity index (χ1v) is 10.6. The standard InChI is InChI=1S/C21H14ClN3OS2/c1-11-6-8-13-18(23)19(28-20(13)24-11)21(26)25-14-4-2-3-5-16(14)27-17-9-7-12(22)10-15(17)25/h2-10H,23H2,1H3. The van der Waals surface area contributed by atoms with Crippen molar-refractivity contribution in [3.8, 4) is 0 Å². The summed E-state index contributed by atoms with van der Waals surface area (Å²) in [7, 11) is 0. The van der Waals surface area contributed by atoms with Gasteiger partial charge in [-0.25, -0.2) is 4.98 Å². The van der Waals surface area contributed by atoms with Crippen LogP contribution >= 0.6 is 34.7 Å². The molecule has 1 aliphatic rings. The number of aromatic nitrogens is 1. The molecule has 1 aliphatic heterocycles. The molecule has 0 radical (unpaired) electrons. The van der Waals surface area contributed by atoms with Gasteiger partial charge in [-0.2, -0.15) is 0 Å². The number of benzene rings is 2. The number of hydrogen-bond acceptors (Lipinski definition) is 5. The van der Waals surface area contributed by atoms with Crippen LogP contribution in [0.4, 0.5) is 17.1 Å². The van der Waals surface area contributed by atoms with Gasteiger partial charge in [0.1, 0.15) is 9.71 Å². The number of carbonyl (C=O) groups excluding carboxylic acids is 1. The molecule has 0 unspecified atom stereocenters. The second-order valence-corrected chi connectivity index (χ2v) is 8.99.